The van der Waals surface area contributed by atoms with E-state index in [2.05, 4.69) is 5.32 Å². The Morgan fingerprint density at radius 2 is 2.06 bits per heavy atom. The van der Waals surface area contributed by atoms with E-state index in [0.717, 1.165) is 12.3 Å². The van der Waals surface area contributed by atoms with Gasteiger partial charge in [0.15, 0.2) is 0 Å². The van der Waals surface area contributed by atoms with E-state index in [1.54, 1.807) is 4.90 Å². The van der Waals surface area contributed by atoms with Crippen molar-refractivity contribution >= 4 is 11.8 Å². The minimum Gasteiger partial charge on any atom is -0.353 e. The second-order valence-corrected chi connectivity index (χ2v) is 5.60. The van der Waals surface area contributed by atoms with E-state index in [4.69, 9.17) is 0 Å². The number of piperazine rings is 1. The van der Waals surface area contributed by atoms with E-state index in [9.17, 15) is 9.59 Å². The lowest BCUT2D eigenvalue weighted by Crippen LogP contribution is -2.55. The third-order valence-electron chi connectivity index (χ3n) is 4.31. The number of rotatable bonds is 3. The molecule has 1 saturated heterocycles. The number of hydrogen-bond acceptors (Lipinski definition) is 2. The van der Waals surface area contributed by atoms with Crippen LogP contribution in [-0.4, -0.2) is 35.8 Å². The maximum atomic E-state index is 12.1. The lowest BCUT2D eigenvalue weighted by molar-refractivity contribution is -0.142. The van der Waals surface area contributed by atoms with Gasteiger partial charge in [-0.15, -0.1) is 0 Å². The van der Waals surface area contributed by atoms with Gasteiger partial charge in [-0.25, -0.2) is 0 Å². The third-order valence-corrected chi connectivity index (χ3v) is 4.31. The van der Waals surface area contributed by atoms with E-state index in [0.29, 0.717) is 19.5 Å². The van der Waals surface area contributed by atoms with Crippen LogP contribution < -0.4 is 5.32 Å². The molecular weight excluding hydrogens is 228 g/mol. The molecule has 1 aliphatic heterocycles. The maximum Gasteiger partial charge on any atom is 0.242 e. The minimum atomic E-state index is -0.294. The molecule has 1 N–H and O–H groups in total. The fourth-order valence-electron chi connectivity index (χ4n) is 3.07. The van der Waals surface area contributed by atoms with Gasteiger partial charge in [0.25, 0.3) is 0 Å². The van der Waals surface area contributed by atoms with Crippen molar-refractivity contribution in [2.45, 2.75) is 57.9 Å². The summed E-state index contributed by atoms with van der Waals surface area (Å²) >= 11 is 0. The molecule has 0 spiro atoms. The average molecular weight is 252 g/mol. The Balaban J connectivity index is 1.78. The van der Waals surface area contributed by atoms with Gasteiger partial charge >= 0.3 is 0 Å². The van der Waals surface area contributed by atoms with Crippen molar-refractivity contribution in [2.75, 3.05) is 13.1 Å². The van der Waals surface area contributed by atoms with Crippen LogP contribution in [-0.2, 0) is 9.59 Å². The van der Waals surface area contributed by atoms with E-state index in [1.807, 2.05) is 6.92 Å². The Hall–Kier alpha value is -1.06. The van der Waals surface area contributed by atoms with Gasteiger partial charge in [-0.3, -0.25) is 9.59 Å². The van der Waals surface area contributed by atoms with E-state index < -0.39 is 0 Å². The Morgan fingerprint density at radius 1 is 1.33 bits per heavy atom. The lowest BCUT2D eigenvalue weighted by Gasteiger charge is -2.33. The molecule has 1 atom stereocenters. The summed E-state index contributed by atoms with van der Waals surface area (Å²) in [6.45, 7) is 3.07. The molecule has 0 aromatic rings. The molecule has 1 saturated carbocycles. The summed E-state index contributed by atoms with van der Waals surface area (Å²) in [5.74, 6) is 0.867. The highest BCUT2D eigenvalue weighted by Gasteiger charge is 2.29. The number of nitrogens with zero attached hydrogens (tertiary/aromatic N) is 1. The van der Waals surface area contributed by atoms with Crippen molar-refractivity contribution in [1.82, 2.24) is 10.2 Å². The molecule has 102 valence electrons. The zero-order valence-electron chi connectivity index (χ0n) is 11.3. The SMILES string of the molecule is CC1C(=O)NCCN1C(=O)CCC1CCCCC1. The predicted octanol–water partition coefficient (Wildman–Crippen LogP) is 1.69. The van der Waals surface area contributed by atoms with Crippen molar-refractivity contribution in [3.8, 4) is 0 Å². The van der Waals surface area contributed by atoms with Gasteiger partial charge in [0.1, 0.15) is 6.04 Å². The highest BCUT2D eigenvalue weighted by atomic mass is 16.2. The van der Waals surface area contributed by atoms with E-state index in [-0.39, 0.29) is 17.9 Å². The number of nitrogens with one attached hydrogen (secondary N) is 1. The summed E-state index contributed by atoms with van der Waals surface area (Å²) in [5.41, 5.74) is 0. The Labute approximate surface area is 109 Å². The van der Waals surface area contributed by atoms with Crippen LogP contribution in [0.3, 0.4) is 0 Å². The molecule has 0 bridgehead atoms. The quantitative estimate of drug-likeness (QED) is 0.831. The van der Waals surface area contributed by atoms with Gasteiger partial charge in [0.05, 0.1) is 0 Å². The lowest BCUT2D eigenvalue weighted by atomic mass is 9.86. The van der Waals surface area contributed by atoms with Crippen molar-refractivity contribution in [3.05, 3.63) is 0 Å². The molecule has 1 aliphatic carbocycles. The number of carbonyl (C=O) groups is 2. The molecule has 2 amide bonds. The molecule has 1 heterocycles. The molecule has 4 heteroatoms. The number of amides is 2. The van der Waals surface area contributed by atoms with Crippen molar-refractivity contribution in [3.63, 3.8) is 0 Å². The highest BCUT2D eigenvalue weighted by Crippen LogP contribution is 2.27. The van der Waals surface area contributed by atoms with Crippen LogP contribution >= 0.6 is 0 Å². The summed E-state index contributed by atoms with van der Waals surface area (Å²) in [4.78, 5) is 25.4. The van der Waals surface area contributed by atoms with Gasteiger partial charge < -0.3 is 10.2 Å². The van der Waals surface area contributed by atoms with Crippen LogP contribution in [0.25, 0.3) is 0 Å². The molecule has 0 radical (unpaired) electrons. The molecule has 2 rings (SSSR count). The standard InChI is InChI=1S/C14H24N2O2/c1-11-14(18)15-9-10-16(11)13(17)8-7-12-5-3-2-4-6-12/h11-12H,2-10H2,1H3,(H,15,18). The van der Waals surface area contributed by atoms with Gasteiger partial charge in [0, 0.05) is 19.5 Å². The van der Waals surface area contributed by atoms with Crippen LogP contribution in [0.2, 0.25) is 0 Å². The molecule has 2 fully saturated rings. The number of carbonyl (C=O) groups excluding carboxylic acids is 2. The zero-order valence-corrected chi connectivity index (χ0v) is 11.3. The maximum absolute atomic E-state index is 12.1. The van der Waals surface area contributed by atoms with Crippen LogP contribution in [0.1, 0.15) is 51.9 Å². The average Bonchev–Trinajstić information content (AvgIpc) is 2.40. The normalized spacial score (nSPS) is 25.9. The second-order valence-electron chi connectivity index (χ2n) is 5.60. The Kier molecular flexibility index (Phi) is 4.61. The Bertz CT molecular complexity index is 311. The summed E-state index contributed by atoms with van der Waals surface area (Å²) in [6, 6.07) is -0.294. The first-order chi connectivity index (χ1) is 8.68. The largest absolute Gasteiger partial charge is 0.353 e. The topological polar surface area (TPSA) is 49.4 Å². The summed E-state index contributed by atoms with van der Waals surface area (Å²) in [6.07, 6.45) is 8.18. The fraction of sp³-hybridized carbons (Fsp3) is 0.857. The monoisotopic (exact) mass is 252 g/mol. The van der Waals surface area contributed by atoms with Crippen LogP contribution in [0.5, 0.6) is 0 Å². The van der Waals surface area contributed by atoms with Crippen LogP contribution in [0.15, 0.2) is 0 Å². The molecule has 1 unspecified atom stereocenters. The van der Waals surface area contributed by atoms with Crippen LogP contribution in [0, 0.1) is 5.92 Å². The summed E-state index contributed by atoms with van der Waals surface area (Å²) < 4.78 is 0. The zero-order chi connectivity index (χ0) is 13.0. The predicted molar refractivity (Wildman–Crippen MR) is 70.0 cm³/mol. The fourth-order valence-corrected chi connectivity index (χ4v) is 3.07. The first-order valence-corrected chi connectivity index (χ1v) is 7.25. The Morgan fingerprint density at radius 3 is 2.78 bits per heavy atom. The summed E-state index contributed by atoms with van der Waals surface area (Å²) in [5, 5.41) is 2.79. The van der Waals surface area contributed by atoms with Crippen molar-refractivity contribution < 1.29 is 9.59 Å². The third kappa shape index (κ3) is 3.24. The molecule has 18 heavy (non-hydrogen) atoms. The first kappa shape index (κ1) is 13.4. The van der Waals surface area contributed by atoms with Crippen molar-refractivity contribution in [2.24, 2.45) is 5.92 Å². The van der Waals surface area contributed by atoms with Crippen molar-refractivity contribution in [1.29, 1.82) is 0 Å². The van der Waals surface area contributed by atoms with Gasteiger partial charge in [-0.2, -0.15) is 0 Å². The molecule has 4 nitrogen and oxygen atoms in total. The van der Waals surface area contributed by atoms with Gasteiger partial charge in [0.2, 0.25) is 11.8 Å². The molecule has 2 aliphatic rings. The molecule has 0 aromatic carbocycles. The summed E-state index contributed by atoms with van der Waals surface area (Å²) in [7, 11) is 0. The van der Waals surface area contributed by atoms with Crippen LogP contribution in [0.4, 0.5) is 0 Å². The minimum absolute atomic E-state index is 0.0210. The van der Waals surface area contributed by atoms with Gasteiger partial charge in [-0.05, 0) is 19.3 Å². The second kappa shape index (κ2) is 6.21. The number of hydrogen-bond donors (Lipinski definition) is 1. The van der Waals surface area contributed by atoms with E-state index >= 15 is 0 Å². The highest BCUT2D eigenvalue weighted by molar-refractivity contribution is 5.88. The molecular formula is C14H24N2O2. The van der Waals surface area contributed by atoms with E-state index in [1.165, 1.54) is 32.1 Å². The first-order valence-electron chi connectivity index (χ1n) is 7.25. The molecule has 0 aromatic heterocycles. The smallest absolute Gasteiger partial charge is 0.242 e. The van der Waals surface area contributed by atoms with Gasteiger partial charge in [-0.1, -0.05) is 32.1 Å².